The Kier molecular flexibility index (Phi) is 3.50. The number of hydrogen-bond acceptors (Lipinski definition) is 3. The molecular formula is C18H16ClN5. The summed E-state index contributed by atoms with van der Waals surface area (Å²) in [5, 5.41) is 12.4. The normalized spacial score (nSPS) is 11.1. The van der Waals surface area contributed by atoms with E-state index in [9.17, 15) is 0 Å². The number of nitrogens with zero attached hydrogens (tertiary/aromatic N) is 4. The van der Waals surface area contributed by atoms with Crippen LogP contribution in [0.15, 0.2) is 54.6 Å². The second-order valence-electron chi connectivity index (χ2n) is 5.76. The molecule has 0 amide bonds. The smallest absolute Gasteiger partial charge is 0.197 e. The largest absolute Gasteiger partial charge is 0.377 e. The Morgan fingerprint density at radius 1 is 0.958 bits per heavy atom. The quantitative estimate of drug-likeness (QED) is 0.612. The van der Waals surface area contributed by atoms with E-state index in [-0.39, 0.29) is 0 Å². The lowest BCUT2D eigenvalue weighted by molar-refractivity contribution is 0.969. The Morgan fingerprint density at radius 2 is 1.67 bits per heavy atom. The minimum Gasteiger partial charge on any atom is -0.377 e. The molecule has 0 saturated carbocycles. The molecule has 2 aromatic heterocycles. The van der Waals surface area contributed by atoms with Gasteiger partial charge in [0.1, 0.15) is 5.02 Å². The van der Waals surface area contributed by atoms with Gasteiger partial charge in [0.15, 0.2) is 11.5 Å². The van der Waals surface area contributed by atoms with Crippen LogP contribution in [-0.2, 0) is 0 Å². The molecule has 120 valence electrons. The summed E-state index contributed by atoms with van der Waals surface area (Å²) in [5.41, 5.74) is 4.55. The first kappa shape index (κ1) is 14.8. The summed E-state index contributed by atoms with van der Waals surface area (Å²) >= 11 is 6.60. The molecule has 0 aliphatic heterocycles. The summed E-state index contributed by atoms with van der Waals surface area (Å²) in [5.74, 6) is 0.737. The summed E-state index contributed by atoms with van der Waals surface area (Å²) < 4.78 is 1.83. The fourth-order valence-electron chi connectivity index (χ4n) is 2.83. The number of anilines is 1. The third kappa shape index (κ3) is 2.25. The third-order valence-corrected chi connectivity index (χ3v) is 4.35. The minimum atomic E-state index is 0.569. The van der Waals surface area contributed by atoms with Crippen LogP contribution in [0.1, 0.15) is 0 Å². The van der Waals surface area contributed by atoms with Gasteiger partial charge in [0.05, 0.1) is 5.69 Å². The fraction of sp³-hybridized carbons (Fsp3) is 0.111. The summed E-state index contributed by atoms with van der Waals surface area (Å²) in [4.78, 5) is 2.06. The van der Waals surface area contributed by atoms with E-state index in [1.165, 1.54) is 0 Å². The van der Waals surface area contributed by atoms with E-state index in [0.29, 0.717) is 10.7 Å². The van der Waals surface area contributed by atoms with Crippen LogP contribution < -0.4 is 4.90 Å². The molecule has 0 bridgehead atoms. The third-order valence-electron chi connectivity index (χ3n) is 3.99. The van der Waals surface area contributed by atoms with Crippen molar-refractivity contribution >= 4 is 22.9 Å². The highest BCUT2D eigenvalue weighted by Crippen LogP contribution is 2.36. The molecule has 0 fully saturated rings. The van der Waals surface area contributed by atoms with Gasteiger partial charge in [-0.25, -0.2) is 4.52 Å². The fourth-order valence-corrected chi connectivity index (χ4v) is 3.10. The van der Waals surface area contributed by atoms with Crippen molar-refractivity contribution in [2.75, 3.05) is 19.0 Å². The standard InChI is InChI=1S/C18H16ClN5/c1-23(2)14-11-7-6-10-13(14)16-15(19)18-21-20-17(24(18)22-16)12-8-4-3-5-9-12/h3-11,22H,1-2H3. The molecule has 6 heteroatoms. The van der Waals surface area contributed by atoms with E-state index in [1.807, 2.05) is 67.1 Å². The van der Waals surface area contributed by atoms with Crippen LogP contribution in [0, 0.1) is 0 Å². The minimum absolute atomic E-state index is 0.569. The number of para-hydroxylation sites is 1. The molecule has 0 spiro atoms. The van der Waals surface area contributed by atoms with Crippen LogP contribution in [0.4, 0.5) is 5.69 Å². The predicted molar refractivity (Wildman–Crippen MR) is 97.5 cm³/mol. The first-order valence-electron chi connectivity index (χ1n) is 7.61. The number of halogens is 1. The lowest BCUT2D eigenvalue weighted by Gasteiger charge is -2.16. The predicted octanol–water partition coefficient (Wildman–Crippen LogP) is 4.11. The average Bonchev–Trinajstić information content (AvgIpc) is 3.16. The van der Waals surface area contributed by atoms with Gasteiger partial charge in [-0.1, -0.05) is 60.1 Å². The average molecular weight is 338 g/mol. The Morgan fingerprint density at radius 3 is 2.42 bits per heavy atom. The zero-order chi connectivity index (χ0) is 16.7. The van der Waals surface area contributed by atoms with Crippen LogP contribution in [0.2, 0.25) is 5.02 Å². The summed E-state index contributed by atoms with van der Waals surface area (Å²) in [6, 6.07) is 18.0. The molecule has 0 aliphatic rings. The molecule has 2 aromatic carbocycles. The SMILES string of the molecule is CN(C)c1ccccc1-c1[nH]n2c(-c3ccccc3)nnc2c1Cl. The molecule has 24 heavy (non-hydrogen) atoms. The molecule has 0 saturated heterocycles. The van der Waals surface area contributed by atoms with Crippen molar-refractivity contribution in [3.8, 4) is 22.6 Å². The first-order valence-corrected chi connectivity index (χ1v) is 7.99. The van der Waals surface area contributed by atoms with E-state index < -0.39 is 0 Å². The molecule has 2 heterocycles. The first-order chi connectivity index (χ1) is 11.7. The maximum absolute atomic E-state index is 6.60. The summed E-state index contributed by atoms with van der Waals surface area (Å²) in [6.45, 7) is 0. The molecule has 0 aliphatic carbocycles. The number of fused-ring (bicyclic) bond motifs is 1. The van der Waals surface area contributed by atoms with E-state index >= 15 is 0 Å². The Labute approximate surface area is 144 Å². The molecule has 1 N–H and O–H groups in total. The highest BCUT2D eigenvalue weighted by atomic mass is 35.5. The lowest BCUT2D eigenvalue weighted by Crippen LogP contribution is -2.09. The van der Waals surface area contributed by atoms with Crippen LogP contribution in [0.25, 0.3) is 28.3 Å². The molecular weight excluding hydrogens is 322 g/mol. The Balaban J connectivity index is 1.94. The zero-order valence-corrected chi connectivity index (χ0v) is 14.1. The van der Waals surface area contributed by atoms with Crippen molar-refractivity contribution in [2.24, 2.45) is 0 Å². The van der Waals surface area contributed by atoms with E-state index in [4.69, 9.17) is 11.6 Å². The van der Waals surface area contributed by atoms with Crippen molar-refractivity contribution in [2.45, 2.75) is 0 Å². The van der Waals surface area contributed by atoms with Gasteiger partial charge in [-0.05, 0) is 6.07 Å². The van der Waals surface area contributed by atoms with Gasteiger partial charge >= 0.3 is 0 Å². The summed E-state index contributed by atoms with van der Waals surface area (Å²) in [7, 11) is 4.02. The van der Waals surface area contributed by atoms with Gasteiger partial charge in [-0.3, -0.25) is 5.10 Å². The van der Waals surface area contributed by atoms with Crippen LogP contribution in [0.5, 0.6) is 0 Å². The van der Waals surface area contributed by atoms with Gasteiger partial charge < -0.3 is 4.90 Å². The highest BCUT2D eigenvalue weighted by molar-refractivity contribution is 6.36. The van der Waals surface area contributed by atoms with E-state index in [1.54, 1.807) is 0 Å². The van der Waals surface area contributed by atoms with Gasteiger partial charge in [-0.2, -0.15) is 0 Å². The van der Waals surface area contributed by atoms with Crippen molar-refractivity contribution in [1.29, 1.82) is 0 Å². The van der Waals surface area contributed by atoms with Crippen LogP contribution >= 0.6 is 11.6 Å². The van der Waals surface area contributed by atoms with E-state index in [2.05, 4.69) is 26.3 Å². The van der Waals surface area contributed by atoms with Crippen molar-refractivity contribution in [3.05, 3.63) is 59.6 Å². The number of benzene rings is 2. The van der Waals surface area contributed by atoms with Gasteiger partial charge in [0.2, 0.25) is 0 Å². The number of rotatable bonds is 3. The van der Waals surface area contributed by atoms with E-state index in [0.717, 1.165) is 28.3 Å². The second-order valence-corrected chi connectivity index (χ2v) is 6.14. The number of aromatic nitrogens is 4. The molecule has 4 aromatic rings. The maximum atomic E-state index is 6.60. The number of hydrogen-bond donors (Lipinski definition) is 1. The van der Waals surface area contributed by atoms with Gasteiger partial charge in [0.25, 0.3) is 0 Å². The van der Waals surface area contributed by atoms with Gasteiger partial charge in [0, 0.05) is 30.9 Å². The lowest BCUT2D eigenvalue weighted by atomic mass is 10.1. The highest BCUT2D eigenvalue weighted by Gasteiger charge is 2.19. The molecule has 4 rings (SSSR count). The van der Waals surface area contributed by atoms with Crippen LogP contribution in [-0.4, -0.2) is 33.9 Å². The molecule has 0 atom stereocenters. The van der Waals surface area contributed by atoms with Crippen LogP contribution in [0.3, 0.4) is 0 Å². The molecule has 0 unspecified atom stereocenters. The van der Waals surface area contributed by atoms with Gasteiger partial charge in [-0.15, -0.1) is 10.2 Å². The van der Waals surface area contributed by atoms with Crippen molar-refractivity contribution in [3.63, 3.8) is 0 Å². The monoisotopic (exact) mass is 337 g/mol. The topological polar surface area (TPSA) is 49.2 Å². The summed E-state index contributed by atoms with van der Waals surface area (Å²) in [6.07, 6.45) is 0. The second kappa shape index (κ2) is 5.69. The molecule has 5 nitrogen and oxygen atoms in total. The number of nitrogens with one attached hydrogen (secondary N) is 1. The maximum Gasteiger partial charge on any atom is 0.197 e. The number of H-pyrrole nitrogens is 1. The zero-order valence-electron chi connectivity index (χ0n) is 13.4. The Bertz CT molecular complexity index is 1000. The van der Waals surface area contributed by atoms with Crippen molar-refractivity contribution in [1.82, 2.24) is 19.8 Å². The number of aromatic amines is 1. The molecule has 0 radical (unpaired) electrons. The Hall–Kier alpha value is -2.79. The van der Waals surface area contributed by atoms with Crippen molar-refractivity contribution < 1.29 is 0 Å².